The molecule has 0 aromatic carbocycles. The number of nitrogens with zero attached hydrogens (tertiary/aromatic N) is 9. The first kappa shape index (κ1) is 18.7. The Balaban J connectivity index is 1.82. The Morgan fingerprint density at radius 1 is 1.25 bits per heavy atom. The minimum atomic E-state index is -0.333. The van der Waals surface area contributed by atoms with Crippen LogP contribution in [0.1, 0.15) is 58.7 Å². The lowest BCUT2D eigenvalue weighted by Crippen LogP contribution is -2.25. The summed E-state index contributed by atoms with van der Waals surface area (Å²) in [5, 5.41) is 22.0. The van der Waals surface area contributed by atoms with Crippen molar-refractivity contribution in [3.8, 4) is 0 Å². The van der Waals surface area contributed by atoms with Crippen LogP contribution < -0.4 is 4.90 Å². The molecule has 4 heterocycles. The molecule has 1 N–H and O–H groups in total. The highest BCUT2D eigenvalue weighted by Gasteiger charge is 2.28. The molecule has 0 amide bonds. The summed E-state index contributed by atoms with van der Waals surface area (Å²) in [5.74, 6) is 2.29. The van der Waals surface area contributed by atoms with Gasteiger partial charge in [0.1, 0.15) is 5.82 Å². The summed E-state index contributed by atoms with van der Waals surface area (Å²) in [5.41, 5.74) is 1.29. The van der Waals surface area contributed by atoms with Gasteiger partial charge in [0.15, 0.2) is 22.8 Å². The predicted molar refractivity (Wildman–Crippen MR) is 104 cm³/mol. The SMILES string of the molecule is CC(C)n1nnnc1Cn1cnc2c(N3CCC(O)C3)nc(C(C)(C)C)nc21. The van der Waals surface area contributed by atoms with E-state index in [1.165, 1.54) is 0 Å². The van der Waals surface area contributed by atoms with E-state index in [2.05, 4.69) is 46.2 Å². The fraction of sp³-hybridized carbons (Fsp3) is 0.667. The summed E-state index contributed by atoms with van der Waals surface area (Å²) in [6.45, 7) is 12.2. The van der Waals surface area contributed by atoms with E-state index in [0.29, 0.717) is 13.1 Å². The number of tetrazole rings is 1. The summed E-state index contributed by atoms with van der Waals surface area (Å²) in [4.78, 5) is 16.4. The summed E-state index contributed by atoms with van der Waals surface area (Å²) < 4.78 is 3.77. The van der Waals surface area contributed by atoms with Gasteiger partial charge in [0.2, 0.25) is 0 Å². The number of hydrogen-bond donors (Lipinski definition) is 1. The molecule has 4 rings (SSSR count). The third-order valence-corrected chi connectivity index (χ3v) is 4.94. The molecule has 0 aliphatic carbocycles. The van der Waals surface area contributed by atoms with Crippen LogP contribution in [0.5, 0.6) is 0 Å². The molecule has 0 spiro atoms. The summed E-state index contributed by atoms with van der Waals surface area (Å²) in [6.07, 6.45) is 2.17. The molecule has 10 nitrogen and oxygen atoms in total. The maximum atomic E-state index is 9.99. The number of aliphatic hydroxyl groups excluding tert-OH is 1. The number of aliphatic hydroxyl groups is 1. The molecule has 10 heteroatoms. The van der Waals surface area contributed by atoms with E-state index in [4.69, 9.17) is 9.97 Å². The summed E-state index contributed by atoms with van der Waals surface area (Å²) in [7, 11) is 0. The smallest absolute Gasteiger partial charge is 0.171 e. The molecule has 1 aliphatic rings. The Morgan fingerprint density at radius 3 is 2.68 bits per heavy atom. The van der Waals surface area contributed by atoms with E-state index in [0.717, 1.165) is 41.6 Å². The van der Waals surface area contributed by atoms with Crippen molar-refractivity contribution < 1.29 is 5.11 Å². The molecule has 1 saturated heterocycles. The third-order valence-electron chi connectivity index (χ3n) is 4.94. The van der Waals surface area contributed by atoms with Crippen LogP contribution >= 0.6 is 0 Å². The van der Waals surface area contributed by atoms with Gasteiger partial charge in [0.05, 0.1) is 25.0 Å². The van der Waals surface area contributed by atoms with Crippen LogP contribution in [0.15, 0.2) is 6.33 Å². The van der Waals surface area contributed by atoms with Crippen LogP contribution in [0.25, 0.3) is 11.2 Å². The van der Waals surface area contributed by atoms with Gasteiger partial charge in [-0.3, -0.25) is 0 Å². The minimum absolute atomic E-state index is 0.168. The molecule has 1 atom stereocenters. The van der Waals surface area contributed by atoms with Crippen molar-refractivity contribution in [3.63, 3.8) is 0 Å². The number of hydrogen-bond acceptors (Lipinski definition) is 8. The van der Waals surface area contributed by atoms with Gasteiger partial charge in [-0.05, 0) is 30.7 Å². The summed E-state index contributed by atoms with van der Waals surface area (Å²) >= 11 is 0. The zero-order chi connectivity index (χ0) is 20.1. The Labute approximate surface area is 163 Å². The molecule has 28 heavy (non-hydrogen) atoms. The standard InChI is InChI=1S/C18H27N9O/c1-11(2)27-13(22-23-24-27)9-26-10-19-14-15(25-7-6-12(28)8-25)20-17(18(3,4)5)21-16(14)26/h10-12,28H,6-9H2,1-5H3. The van der Waals surface area contributed by atoms with Crippen LogP contribution in [0, 0.1) is 0 Å². The van der Waals surface area contributed by atoms with E-state index in [1.807, 2.05) is 18.4 Å². The zero-order valence-corrected chi connectivity index (χ0v) is 17.0. The van der Waals surface area contributed by atoms with Crippen LogP contribution in [0.2, 0.25) is 0 Å². The molecule has 1 unspecified atom stereocenters. The Morgan fingerprint density at radius 2 is 2.04 bits per heavy atom. The zero-order valence-electron chi connectivity index (χ0n) is 17.0. The van der Waals surface area contributed by atoms with Gasteiger partial charge in [-0.25, -0.2) is 19.6 Å². The van der Waals surface area contributed by atoms with E-state index in [9.17, 15) is 5.11 Å². The van der Waals surface area contributed by atoms with Gasteiger partial charge in [-0.2, -0.15) is 0 Å². The highest BCUT2D eigenvalue weighted by Crippen LogP contribution is 2.30. The topological polar surface area (TPSA) is 111 Å². The molecular weight excluding hydrogens is 358 g/mol. The summed E-state index contributed by atoms with van der Waals surface area (Å²) in [6, 6.07) is 0.168. The normalized spacial score (nSPS) is 18.0. The van der Waals surface area contributed by atoms with Gasteiger partial charge in [0, 0.05) is 18.5 Å². The maximum Gasteiger partial charge on any atom is 0.171 e. The van der Waals surface area contributed by atoms with Crippen molar-refractivity contribution in [2.24, 2.45) is 0 Å². The lowest BCUT2D eigenvalue weighted by atomic mass is 9.96. The van der Waals surface area contributed by atoms with Crippen molar-refractivity contribution >= 4 is 17.0 Å². The van der Waals surface area contributed by atoms with Crippen molar-refractivity contribution in [3.05, 3.63) is 18.0 Å². The van der Waals surface area contributed by atoms with Gasteiger partial charge < -0.3 is 14.6 Å². The lowest BCUT2D eigenvalue weighted by molar-refractivity contribution is 0.198. The van der Waals surface area contributed by atoms with E-state index in [1.54, 1.807) is 11.0 Å². The molecular formula is C18H27N9O. The molecule has 3 aromatic heterocycles. The number of aromatic nitrogens is 8. The Bertz CT molecular complexity index is 985. The first-order chi connectivity index (χ1) is 13.2. The largest absolute Gasteiger partial charge is 0.391 e. The monoisotopic (exact) mass is 385 g/mol. The molecule has 1 fully saturated rings. The molecule has 3 aromatic rings. The van der Waals surface area contributed by atoms with Crippen LogP contribution in [-0.2, 0) is 12.0 Å². The number of β-amino-alcohol motifs (C(OH)–C–C–N with tert-alkyl or cyclic N) is 1. The molecule has 0 saturated carbocycles. The number of imidazole rings is 1. The van der Waals surface area contributed by atoms with Gasteiger partial charge in [0.25, 0.3) is 0 Å². The molecule has 0 radical (unpaired) electrons. The average Bonchev–Trinajstić information content (AvgIpc) is 3.34. The van der Waals surface area contributed by atoms with Gasteiger partial charge in [-0.15, -0.1) is 5.10 Å². The van der Waals surface area contributed by atoms with Crippen LogP contribution in [0.4, 0.5) is 5.82 Å². The highest BCUT2D eigenvalue weighted by molar-refractivity contribution is 5.84. The Kier molecular flexibility index (Phi) is 4.53. The van der Waals surface area contributed by atoms with E-state index in [-0.39, 0.29) is 17.6 Å². The molecule has 1 aliphatic heterocycles. The Hall–Kier alpha value is -2.62. The number of fused-ring (bicyclic) bond motifs is 1. The van der Waals surface area contributed by atoms with Crippen molar-refractivity contribution in [2.45, 2.75) is 65.1 Å². The third kappa shape index (κ3) is 3.32. The van der Waals surface area contributed by atoms with Crippen LogP contribution in [0.3, 0.4) is 0 Å². The first-order valence-electron chi connectivity index (χ1n) is 9.67. The van der Waals surface area contributed by atoms with Crippen LogP contribution in [-0.4, -0.2) is 64.0 Å². The second-order valence-corrected chi connectivity index (χ2v) is 8.69. The highest BCUT2D eigenvalue weighted by atomic mass is 16.3. The van der Waals surface area contributed by atoms with E-state index >= 15 is 0 Å². The second-order valence-electron chi connectivity index (χ2n) is 8.69. The van der Waals surface area contributed by atoms with Crippen molar-refractivity contribution in [1.29, 1.82) is 0 Å². The van der Waals surface area contributed by atoms with Crippen molar-refractivity contribution in [1.82, 2.24) is 39.7 Å². The number of anilines is 1. The van der Waals surface area contributed by atoms with Gasteiger partial charge in [-0.1, -0.05) is 20.8 Å². The average molecular weight is 385 g/mol. The van der Waals surface area contributed by atoms with Gasteiger partial charge >= 0.3 is 0 Å². The fourth-order valence-corrected chi connectivity index (χ4v) is 3.41. The minimum Gasteiger partial charge on any atom is -0.391 e. The maximum absolute atomic E-state index is 9.99. The molecule has 150 valence electrons. The quantitative estimate of drug-likeness (QED) is 0.716. The first-order valence-corrected chi connectivity index (χ1v) is 9.67. The van der Waals surface area contributed by atoms with Crippen molar-refractivity contribution in [2.75, 3.05) is 18.0 Å². The molecule has 0 bridgehead atoms. The lowest BCUT2D eigenvalue weighted by Gasteiger charge is -2.22. The fourth-order valence-electron chi connectivity index (χ4n) is 3.41. The second kappa shape index (κ2) is 6.77. The van der Waals surface area contributed by atoms with E-state index < -0.39 is 0 Å². The predicted octanol–water partition coefficient (Wildman–Crippen LogP) is 1.31. The number of rotatable bonds is 4.